The van der Waals surface area contributed by atoms with Gasteiger partial charge in [-0.1, -0.05) is 36.4 Å². The number of carbonyl (C=O) groups is 8. The van der Waals surface area contributed by atoms with Crippen LogP contribution in [-0.4, -0.2) is 298 Å². The molecule has 0 saturated carbocycles. The molecule has 12 N–H and O–H groups in total. The predicted molar refractivity (Wildman–Crippen MR) is 399 cm³/mol. The molecule has 0 aliphatic carbocycles. The summed E-state index contributed by atoms with van der Waals surface area (Å²) in [4.78, 5) is 116. The molecule has 1 aromatic heterocycles. The SMILES string of the molecule is C=C1C[C@H]2C(O)N(C(=O)OCc3ccc(O[C@@H]4O[C@H](C(=O)O)[C@@H](O)[C@H](O)[C@H]4O)c(C(=O)NCCOC)c3)c3cc(OCCCCCOc4cc5c(cc4OC)C(=O)N4CC(=C)C[C@H]4C(O)N5C(=O)OCc4ccc(O[C@@H]5O[C@H](C(=O)O)[C@@H](O)[C@H](O)[C@H]5O)c(C(=O)NCCOCCOCC[n+]5ccnn5C(C)C)c4)c(OC)cc3C(=O)N2C1. The van der Waals surface area contributed by atoms with Crippen LogP contribution >= 0.6 is 0 Å². The molecule has 0 bridgehead atoms. The number of carboxylic acids is 2. The Hall–Kier alpha value is -10.9. The number of nitrogens with one attached hydrogen (secondary N) is 2. The molecule has 634 valence electrons. The maximum absolute atomic E-state index is 14.7. The number of hydrogen-bond donors (Lipinski definition) is 12. The Morgan fingerprint density at radius 2 is 0.991 bits per heavy atom. The van der Waals surface area contributed by atoms with Crippen LogP contribution in [0, 0.1) is 0 Å². The molecular weight excluding hydrogens is 1550 g/mol. The van der Waals surface area contributed by atoms with Crippen LogP contribution in [0.3, 0.4) is 0 Å². The number of carbonyl (C=O) groups excluding carboxylic acids is 6. The van der Waals surface area contributed by atoms with Crippen molar-refractivity contribution in [1.29, 1.82) is 0 Å². The topological polar surface area (TPSA) is 518 Å². The van der Waals surface area contributed by atoms with E-state index in [4.69, 9.17) is 61.6 Å². The van der Waals surface area contributed by atoms with Crippen molar-refractivity contribution in [2.24, 2.45) is 0 Å². The van der Waals surface area contributed by atoms with Crippen LogP contribution in [0.25, 0.3) is 0 Å². The minimum atomic E-state index is -2.05. The molecule has 40 nitrogen and oxygen atoms in total. The molecule has 7 heterocycles. The van der Waals surface area contributed by atoms with Gasteiger partial charge >= 0.3 is 24.1 Å². The molecule has 4 saturated heterocycles. The standard InChI is InChI=1S/C77H95N9O31/c1-39(2)86-80-15-18-81(86)19-24-109-26-25-108-23-17-79-67(94)47-30-43(12-14-53(47)115-75-63(92)59(88)61(90)65(117-75)73(101)102)38-113-77(104)85-49-34-57(55(107-7)32-45(49)69(96)83-36-41(4)28-51(83)71(85)98)111-21-10-8-9-20-110-56-33-48-44(31-54(56)106-6)68(95)82-35-40(3)27-50(82)70(97)84(48)76(103)112-37-42-11-13-52(46(29-42)66(93)78-16-22-105-5)114-74-62(91)58(87)60(89)64(116-74)72(99)100/h11-15,18,29-34,39,50-51,58-65,70-71,74-75,87-92,97-98H,3-4,8-10,16-17,19-28,35-38H2,1-2,5-7H3,(H3-,78,79,93,94,99,100,101,102)/p+1/t50-,51-,58-,59-,60-,61-,62+,63+,64-,65-,70?,71?,74+,75+/m0/s1. The number of anilines is 2. The Bertz CT molecular complexity index is 4470. The second-order valence-electron chi connectivity index (χ2n) is 28.5. The van der Waals surface area contributed by atoms with Gasteiger partial charge in [-0.15, -0.1) is 0 Å². The molecular formula is C77H96N9O31+. The fourth-order valence-electron chi connectivity index (χ4n) is 14.1. The number of methoxy groups -OCH3 is 3. The van der Waals surface area contributed by atoms with E-state index in [9.17, 15) is 89.4 Å². The molecule has 2 unspecified atom stereocenters. The van der Waals surface area contributed by atoms with E-state index >= 15 is 0 Å². The zero-order valence-corrected chi connectivity index (χ0v) is 64.6. The third kappa shape index (κ3) is 19.7. The Morgan fingerprint density at radius 3 is 1.42 bits per heavy atom. The smallest absolute Gasteiger partial charge is 0.416 e. The molecule has 6 aliphatic rings. The van der Waals surface area contributed by atoms with Crippen molar-refractivity contribution in [1.82, 2.24) is 30.3 Å². The number of carboxylic acid groups (broad SMARTS) is 2. The number of aliphatic carboxylic acids is 2. The van der Waals surface area contributed by atoms with Gasteiger partial charge in [-0.05, 0) is 98.3 Å². The molecule has 14 atom stereocenters. The van der Waals surface area contributed by atoms with E-state index < -0.39 is 147 Å². The average molecular weight is 1640 g/mol. The van der Waals surface area contributed by atoms with Crippen LogP contribution < -0.4 is 53.5 Å². The molecule has 4 fully saturated rings. The van der Waals surface area contributed by atoms with Gasteiger partial charge in [0, 0.05) is 50.5 Å². The van der Waals surface area contributed by atoms with E-state index in [0.29, 0.717) is 43.6 Å². The summed E-state index contributed by atoms with van der Waals surface area (Å²) in [5, 5.41) is 117. The summed E-state index contributed by atoms with van der Waals surface area (Å²) in [5.74, 6) is -6.39. The Morgan fingerprint density at radius 1 is 0.547 bits per heavy atom. The second kappa shape index (κ2) is 38.9. The highest BCUT2D eigenvalue weighted by Crippen LogP contribution is 2.45. The third-order valence-electron chi connectivity index (χ3n) is 20.1. The zero-order valence-electron chi connectivity index (χ0n) is 64.6. The Kier molecular flexibility index (Phi) is 28.9. The maximum atomic E-state index is 14.7. The number of aromatic nitrogens is 3. The predicted octanol–water partition coefficient (Wildman–Crippen LogP) is 0.270. The first-order chi connectivity index (χ1) is 56.0. The number of aliphatic hydroxyl groups excluding tert-OH is 8. The summed E-state index contributed by atoms with van der Waals surface area (Å²) >= 11 is 0. The molecule has 4 aromatic carbocycles. The lowest BCUT2D eigenvalue weighted by Crippen LogP contribution is -2.61. The monoisotopic (exact) mass is 1640 g/mol. The lowest BCUT2D eigenvalue weighted by atomic mass is 9.99. The van der Waals surface area contributed by atoms with E-state index in [1.165, 1.54) is 91.8 Å². The normalized spacial score (nSPS) is 24.2. The highest BCUT2D eigenvalue weighted by molar-refractivity contribution is 6.07. The number of rotatable bonds is 35. The molecule has 11 rings (SSSR count). The first kappa shape index (κ1) is 87.0. The van der Waals surface area contributed by atoms with E-state index in [2.05, 4.69) is 28.9 Å². The number of aliphatic hydroxyl groups is 8. The quantitative estimate of drug-likeness (QED) is 0.0147. The maximum Gasteiger partial charge on any atom is 0.416 e. The number of amides is 6. The van der Waals surface area contributed by atoms with Crippen LogP contribution in [0.5, 0.6) is 34.5 Å². The first-order valence-electron chi connectivity index (χ1n) is 37.5. The van der Waals surface area contributed by atoms with Crippen LogP contribution in [-0.2, 0) is 62.5 Å². The highest BCUT2D eigenvalue weighted by atomic mass is 16.7. The molecule has 0 spiro atoms. The van der Waals surface area contributed by atoms with E-state index in [1.54, 1.807) is 6.20 Å². The van der Waals surface area contributed by atoms with Crippen molar-refractivity contribution in [3.8, 4) is 34.5 Å². The van der Waals surface area contributed by atoms with Crippen molar-refractivity contribution < 1.29 is 156 Å². The molecule has 40 heteroatoms. The average Bonchev–Trinajstić information content (AvgIpc) is 1.61. The Balaban J connectivity index is 0.753. The minimum absolute atomic E-state index is 0.000441. The summed E-state index contributed by atoms with van der Waals surface area (Å²) in [5.41, 5.74) is 0.599. The van der Waals surface area contributed by atoms with E-state index in [-0.39, 0.29) is 164 Å². The number of hydrogen-bond acceptors (Lipinski definition) is 30. The van der Waals surface area contributed by atoms with Gasteiger partial charge in [0.15, 0.2) is 53.9 Å². The van der Waals surface area contributed by atoms with Gasteiger partial charge in [-0.2, -0.15) is 4.68 Å². The number of ether oxygens (including phenoxy) is 13. The van der Waals surface area contributed by atoms with Crippen molar-refractivity contribution in [2.75, 3.05) is 104 Å². The number of benzene rings is 4. The number of fused-ring (bicyclic) bond motifs is 4. The summed E-state index contributed by atoms with van der Waals surface area (Å²) in [7, 11) is 4.08. The van der Waals surface area contributed by atoms with Gasteiger partial charge in [-0.25, -0.2) is 29.0 Å². The van der Waals surface area contributed by atoms with Crippen molar-refractivity contribution in [3.63, 3.8) is 0 Å². The summed E-state index contributed by atoms with van der Waals surface area (Å²) in [6.45, 7) is 12.4. The van der Waals surface area contributed by atoms with E-state index in [1.807, 2.05) is 29.5 Å². The van der Waals surface area contributed by atoms with Crippen molar-refractivity contribution in [3.05, 3.63) is 131 Å². The molecule has 117 heavy (non-hydrogen) atoms. The van der Waals surface area contributed by atoms with Crippen LogP contribution in [0.2, 0.25) is 0 Å². The zero-order chi connectivity index (χ0) is 84.2. The minimum Gasteiger partial charge on any atom is -0.493 e. The van der Waals surface area contributed by atoms with Crippen molar-refractivity contribution >= 4 is 59.1 Å². The lowest BCUT2D eigenvalue weighted by molar-refractivity contribution is -0.782. The van der Waals surface area contributed by atoms with Gasteiger partial charge in [0.25, 0.3) is 23.6 Å². The summed E-state index contributed by atoms with van der Waals surface area (Å²) < 4.78 is 76.3. The fraction of sp³-hybridized carbons (Fsp3) is 0.506. The van der Waals surface area contributed by atoms with Crippen molar-refractivity contribution in [2.45, 2.75) is 158 Å². The van der Waals surface area contributed by atoms with Gasteiger partial charge in [-0.3, -0.25) is 19.2 Å². The van der Waals surface area contributed by atoms with Crippen LogP contribution in [0.4, 0.5) is 21.0 Å². The fourth-order valence-corrected chi connectivity index (χ4v) is 14.1. The second-order valence-corrected chi connectivity index (χ2v) is 28.5. The Labute approximate surface area is 669 Å². The summed E-state index contributed by atoms with van der Waals surface area (Å²) in [6, 6.07) is 11.3. The van der Waals surface area contributed by atoms with Gasteiger partial charge in [0.2, 0.25) is 18.8 Å². The molecule has 6 amide bonds. The van der Waals surface area contributed by atoms with Gasteiger partial charge in [0.1, 0.15) is 73.9 Å². The third-order valence-corrected chi connectivity index (χ3v) is 20.1. The van der Waals surface area contributed by atoms with Crippen LogP contribution in [0.15, 0.2) is 97.4 Å². The largest absolute Gasteiger partial charge is 0.493 e. The van der Waals surface area contributed by atoms with E-state index in [0.717, 1.165) is 9.80 Å². The van der Waals surface area contributed by atoms with Gasteiger partial charge < -0.3 is 133 Å². The first-order valence-corrected chi connectivity index (χ1v) is 37.5. The van der Waals surface area contributed by atoms with Crippen LogP contribution in [0.1, 0.15) is 105 Å². The molecule has 0 radical (unpaired) electrons. The molecule has 6 aliphatic heterocycles. The summed E-state index contributed by atoms with van der Waals surface area (Å²) in [6.07, 6.45) is -21.0. The highest BCUT2D eigenvalue weighted by Gasteiger charge is 2.52. The van der Waals surface area contributed by atoms with Gasteiger partial charge in [0.05, 0.1) is 106 Å². The lowest BCUT2D eigenvalue weighted by Gasteiger charge is -2.38. The number of nitrogens with zero attached hydrogens (tertiary/aromatic N) is 7. The molecule has 5 aromatic rings. The number of unbranched alkanes of at least 4 members (excludes halogenated alkanes) is 2.